The first-order chi connectivity index (χ1) is 16.0. The molecule has 33 heavy (non-hydrogen) atoms. The second-order valence-electron chi connectivity index (χ2n) is 8.90. The van der Waals surface area contributed by atoms with Crippen LogP contribution in [0.4, 0.5) is 0 Å². The number of hydrogen-bond acceptors (Lipinski definition) is 0. The molecule has 0 unspecified atom stereocenters. The quantitative estimate of drug-likeness (QED) is 0.268. The molecular weight excluding hydrogens is 398 g/mol. The second-order valence-corrected chi connectivity index (χ2v) is 8.90. The summed E-state index contributed by atoms with van der Waals surface area (Å²) in [5.41, 5.74) is 9.17. The van der Waals surface area contributed by atoms with E-state index in [2.05, 4.69) is 142 Å². The van der Waals surface area contributed by atoms with Crippen molar-refractivity contribution < 1.29 is 0 Å². The molecule has 0 aliphatic carbocycles. The molecular formula is C32H33N. The van der Waals surface area contributed by atoms with Gasteiger partial charge in [-0.3, -0.25) is 0 Å². The molecule has 5 rings (SSSR count). The molecule has 0 N–H and O–H groups in total. The number of para-hydroxylation sites is 2. The van der Waals surface area contributed by atoms with E-state index in [-0.39, 0.29) is 0 Å². The number of fused-ring (bicyclic) bond motifs is 3. The Morgan fingerprint density at radius 2 is 1.36 bits per heavy atom. The van der Waals surface area contributed by atoms with Crippen molar-refractivity contribution in [3.8, 4) is 5.69 Å². The van der Waals surface area contributed by atoms with Crippen LogP contribution in [0.25, 0.3) is 33.1 Å². The molecule has 4 aromatic carbocycles. The lowest BCUT2D eigenvalue weighted by Gasteiger charge is -2.08. The van der Waals surface area contributed by atoms with Gasteiger partial charge in [-0.2, -0.15) is 0 Å². The first-order valence-corrected chi connectivity index (χ1v) is 11.8. The number of allylic oxidation sites excluding steroid dienone is 2. The molecule has 1 nitrogen and oxygen atoms in total. The molecule has 0 aliphatic heterocycles. The summed E-state index contributed by atoms with van der Waals surface area (Å²) in [4.78, 5) is 0. The molecule has 1 heterocycles. The highest BCUT2D eigenvalue weighted by Gasteiger charge is 2.12. The molecule has 0 atom stereocenters. The molecule has 0 bridgehead atoms. The maximum atomic E-state index is 2.35. The minimum atomic E-state index is 0.654. The zero-order valence-corrected chi connectivity index (χ0v) is 20.3. The smallest absolute Gasteiger partial charge is 0.0541 e. The van der Waals surface area contributed by atoms with Crippen molar-refractivity contribution >= 4 is 27.4 Å². The van der Waals surface area contributed by atoms with Crippen molar-refractivity contribution in [2.24, 2.45) is 0 Å². The van der Waals surface area contributed by atoms with Gasteiger partial charge in [0.2, 0.25) is 0 Å². The third-order valence-corrected chi connectivity index (χ3v) is 6.39. The topological polar surface area (TPSA) is 4.93 Å². The van der Waals surface area contributed by atoms with E-state index in [0.29, 0.717) is 5.92 Å². The van der Waals surface area contributed by atoms with E-state index in [4.69, 9.17) is 0 Å². The van der Waals surface area contributed by atoms with Crippen molar-refractivity contribution in [2.75, 3.05) is 0 Å². The summed E-state index contributed by atoms with van der Waals surface area (Å²) in [5.74, 6) is 0.654. The number of aryl methyl sites for hydroxylation is 1. The van der Waals surface area contributed by atoms with Crippen LogP contribution in [0.1, 0.15) is 50.3 Å². The molecule has 0 saturated heterocycles. The highest BCUT2D eigenvalue weighted by atomic mass is 15.0. The predicted octanol–water partition coefficient (Wildman–Crippen LogP) is 9.33. The number of aromatic nitrogens is 1. The lowest BCUT2D eigenvalue weighted by Crippen LogP contribution is -1.92. The minimum Gasteiger partial charge on any atom is -0.309 e. The van der Waals surface area contributed by atoms with Crippen LogP contribution in [-0.4, -0.2) is 4.57 Å². The molecule has 5 aromatic rings. The van der Waals surface area contributed by atoms with Crippen LogP contribution < -0.4 is 0 Å². The summed E-state index contributed by atoms with van der Waals surface area (Å²) in [6.45, 7) is 10.9. The van der Waals surface area contributed by atoms with Crippen LogP contribution in [0, 0.1) is 6.92 Å². The van der Waals surface area contributed by atoms with Crippen LogP contribution in [0.5, 0.6) is 0 Å². The third kappa shape index (κ3) is 4.64. The largest absolute Gasteiger partial charge is 0.309 e. The SMILES string of the molecule is C/C=C(\C)c1ccc2c(c1)c1ccccc1n2-c1ccccc1.Cc1ccccc1C(C)C. The number of benzene rings is 4. The van der Waals surface area contributed by atoms with Gasteiger partial charge in [0.1, 0.15) is 0 Å². The summed E-state index contributed by atoms with van der Waals surface area (Å²) in [5, 5.41) is 2.61. The first-order valence-electron chi connectivity index (χ1n) is 11.8. The van der Waals surface area contributed by atoms with E-state index >= 15 is 0 Å². The second kappa shape index (κ2) is 9.92. The Bertz CT molecular complexity index is 1400. The van der Waals surface area contributed by atoms with E-state index in [9.17, 15) is 0 Å². The van der Waals surface area contributed by atoms with Crippen LogP contribution in [0.15, 0.2) is 103 Å². The third-order valence-electron chi connectivity index (χ3n) is 6.39. The van der Waals surface area contributed by atoms with E-state index in [1.165, 1.54) is 49.8 Å². The van der Waals surface area contributed by atoms with E-state index in [1.54, 1.807) is 0 Å². The van der Waals surface area contributed by atoms with Crippen LogP contribution in [0.3, 0.4) is 0 Å². The van der Waals surface area contributed by atoms with Crippen molar-refractivity contribution in [1.29, 1.82) is 0 Å². The monoisotopic (exact) mass is 431 g/mol. The summed E-state index contributed by atoms with van der Waals surface area (Å²) in [6.07, 6.45) is 2.16. The summed E-state index contributed by atoms with van der Waals surface area (Å²) >= 11 is 0. The number of hydrogen-bond donors (Lipinski definition) is 0. The van der Waals surface area contributed by atoms with Gasteiger partial charge >= 0.3 is 0 Å². The Balaban J connectivity index is 0.000000219. The van der Waals surface area contributed by atoms with Gasteiger partial charge in [0.15, 0.2) is 0 Å². The van der Waals surface area contributed by atoms with Crippen LogP contribution in [0.2, 0.25) is 0 Å². The van der Waals surface area contributed by atoms with Gasteiger partial charge in [0, 0.05) is 16.5 Å². The van der Waals surface area contributed by atoms with E-state index < -0.39 is 0 Å². The number of nitrogens with zero attached hydrogens (tertiary/aromatic N) is 1. The normalized spacial score (nSPS) is 11.6. The zero-order valence-electron chi connectivity index (χ0n) is 20.3. The van der Waals surface area contributed by atoms with Gasteiger partial charge in [-0.15, -0.1) is 0 Å². The number of rotatable bonds is 3. The Labute approximate surface area is 198 Å². The van der Waals surface area contributed by atoms with Gasteiger partial charge in [0.05, 0.1) is 11.0 Å². The standard InChI is InChI=1S/C22H19N.C10H14/c1-3-16(2)17-13-14-22-20(15-17)19-11-7-8-12-21(19)23(22)18-9-5-4-6-10-18;1-8(2)10-7-5-4-6-9(10)3/h3-15H,1-2H3;4-8H,1-3H3/b16-3+;. The highest BCUT2D eigenvalue weighted by molar-refractivity contribution is 6.10. The first kappa shape index (κ1) is 22.6. The Kier molecular flexibility index (Phi) is 6.79. The molecule has 166 valence electrons. The average Bonchev–Trinajstić information content (AvgIpc) is 3.18. The lowest BCUT2D eigenvalue weighted by molar-refractivity contribution is 0.856. The average molecular weight is 432 g/mol. The van der Waals surface area contributed by atoms with Crippen molar-refractivity contribution in [3.63, 3.8) is 0 Å². The lowest BCUT2D eigenvalue weighted by atomic mass is 9.99. The van der Waals surface area contributed by atoms with Crippen LogP contribution >= 0.6 is 0 Å². The minimum absolute atomic E-state index is 0.654. The summed E-state index contributed by atoms with van der Waals surface area (Å²) in [6, 6.07) is 34.5. The fourth-order valence-electron chi connectivity index (χ4n) is 4.47. The maximum Gasteiger partial charge on any atom is 0.0541 e. The van der Waals surface area contributed by atoms with E-state index in [0.717, 1.165) is 0 Å². The van der Waals surface area contributed by atoms with Gasteiger partial charge in [-0.25, -0.2) is 0 Å². The summed E-state index contributed by atoms with van der Waals surface area (Å²) in [7, 11) is 0. The Morgan fingerprint density at radius 3 is 2.03 bits per heavy atom. The van der Waals surface area contributed by atoms with Crippen molar-refractivity contribution in [1.82, 2.24) is 4.57 Å². The predicted molar refractivity (Wildman–Crippen MR) is 145 cm³/mol. The van der Waals surface area contributed by atoms with Crippen molar-refractivity contribution in [2.45, 2.75) is 40.5 Å². The van der Waals surface area contributed by atoms with Gasteiger partial charge in [-0.1, -0.05) is 86.7 Å². The molecule has 0 amide bonds. The molecule has 0 aliphatic rings. The van der Waals surface area contributed by atoms with Gasteiger partial charge in [0.25, 0.3) is 0 Å². The Morgan fingerprint density at radius 1 is 0.727 bits per heavy atom. The van der Waals surface area contributed by atoms with E-state index in [1.807, 2.05) is 0 Å². The molecule has 1 aromatic heterocycles. The van der Waals surface area contributed by atoms with Crippen molar-refractivity contribution in [3.05, 3.63) is 120 Å². The molecule has 0 spiro atoms. The van der Waals surface area contributed by atoms with Gasteiger partial charge in [-0.05, 0) is 79.3 Å². The molecule has 0 saturated carbocycles. The Hall–Kier alpha value is -3.58. The van der Waals surface area contributed by atoms with Gasteiger partial charge < -0.3 is 4.57 Å². The fraction of sp³-hybridized carbons (Fsp3) is 0.188. The fourth-order valence-corrected chi connectivity index (χ4v) is 4.47. The molecule has 0 fully saturated rings. The maximum absolute atomic E-state index is 2.35. The summed E-state index contributed by atoms with van der Waals surface area (Å²) < 4.78 is 2.35. The highest BCUT2D eigenvalue weighted by Crippen LogP contribution is 2.33. The molecule has 0 radical (unpaired) electrons. The zero-order chi connectivity index (χ0) is 23.4. The molecule has 1 heteroatoms. The van der Waals surface area contributed by atoms with Crippen LogP contribution in [-0.2, 0) is 0 Å².